The molecule has 0 N–H and O–H groups in total. The van der Waals surface area contributed by atoms with Crippen LogP contribution in [0.4, 0.5) is 0 Å². The Morgan fingerprint density at radius 1 is 0.870 bits per heavy atom. The highest BCUT2D eigenvalue weighted by atomic mass is 79.9. The Bertz CT molecular complexity index is 943. The van der Waals surface area contributed by atoms with E-state index in [2.05, 4.69) is 55.8 Å². The Hall–Kier alpha value is -2.46. The van der Waals surface area contributed by atoms with Gasteiger partial charge in [0, 0.05) is 17.2 Å². The largest absolute Gasteiger partial charge is 0.318 e. The minimum Gasteiger partial charge on any atom is -0.318 e. The number of fused-ring (bicyclic) bond motifs is 1. The van der Waals surface area contributed by atoms with E-state index in [0.717, 1.165) is 33.6 Å². The fraction of sp³-hybridized carbons (Fsp3) is 0.0526. The number of pyridine rings is 1. The van der Waals surface area contributed by atoms with Crippen LogP contribution < -0.4 is 0 Å². The predicted molar refractivity (Wildman–Crippen MR) is 96.2 cm³/mol. The van der Waals surface area contributed by atoms with Gasteiger partial charge in [0.2, 0.25) is 0 Å². The molecule has 2 aromatic heterocycles. The Balaban J connectivity index is 1.87. The second kappa shape index (κ2) is 5.97. The van der Waals surface area contributed by atoms with Crippen LogP contribution in [-0.2, 0) is 6.54 Å². The summed E-state index contributed by atoms with van der Waals surface area (Å²) >= 11 is 3.49. The van der Waals surface area contributed by atoms with Crippen LogP contribution in [0.2, 0.25) is 0 Å². The van der Waals surface area contributed by atoms with Gasteiger partial charge < -0.3 is 4.57 Å². The number of para-hydroxylation sites is 2. The quantitative estimate of drug-likeness (QED) is 0.517. The van der Waals surface area contributed by atoms with E-state index >= 15 is 0 Å². The lowest BCUT2D eigenvalue weighted by Gasteiger charge is -2.09. The van der Waals surface area contributed by atoms with Crippen LogP contribution in [0.15, 0.2) is 77.4 Å². The van der Waals surface area contributed by atoms with Gasteiger partial charge in [-0.15, -0.1) is 0 Å². The van der Waals surface area contributed by atoms with Crippen molar-refractivity contribution in [2.75, 3.05) is 0 Å². The summed E-state index contributed by atoms with van der Waals surface area (Å²) < 4.78 is 3.31. The van der Waals surface area contributed by atoms with E-state index in [-0.39, 0.29) is 0 Å². The van der Waals surface area contributed by atoms with Crippen molar-refractivity contribution in [3.8, 4) is 11.5 Å². The molecule has 0 fully saturated rings. The molecule has 23 heavy (non-hydrogen) atoms. The van der Waals surface area contributed by atoms with Crippen molar-refractivity contribution >= 4 is 27.0 Å². The maximum atomic E-state index is 4.79. The summed E-state index contributed by atoms with van der Waals surface area (Å²) in [6.45, 7) is 0.764. The van der Waals surface area contributed by atoms with E-state index in [1.54, 1.807) is 6.20 Å². The molecule has 0 unspecified atom stereocenters. The highest BCUT2D eigenvalue weighted by molar-refractivity contribution is 9.10. The van der Waals surface area contributed by atoms with E-state index in [0.29, 0.717) is 0 Å². The fourth-order valence-electron chi connectivity index (χ4n) is 2.70. The summed E-state index contributed by atoms with van der Waals surface area (Å²) in [5, 5.41) is 0. The van der Waals surface area contributed by atoms with Gasteiger partial charge in [-0.3, -0.25) is 4.98 Å². The van der Waals surface area contributed by atoms with Gasteiger partial charge in [0.05, 0.1) is 11.0 Å². The molecule has 0 amide bonds. The first-order valence-electron chi connectivity index (χ1n) is 7.42. The molecule has 112 valence electrons. The lowest BCUT2D eigenvalue weighted by molar-refractivity contribution is 0.830. The minimum atomic E-state index is 0.764. The summed E-state index contributed by atoms with van der Waals surface area (Å²) in [6.07, 6.45) is 1.80. The third-order valence-electron chi connectivity index (χ3n) is 3.80. The molecular formula is C19H14BrN3. The van der Waals surface area contributed by atoms with Crippen LogP contribution in [-0.4, -0.2) is 14.5 Å². The number of nitrogens with zero attached hydrogens (tertiary/aromatic N) is 3. The van der Waals surface area contributed by atoms with Crippen LogP contribution in [0.5, 0.6) is 0 Å². The molecule has 0 saturated heterocycles. The molecule has 4 heteroatoms. The van der Waals surface area contributed by atoms with Crippen LogP contribution in [0, 0.1) is 0 Å². The van der Waals surface area contributed by atoms with Crippen molar-refractivity contribution in [2.24, 2.45) is 0 Å². The molecule has 4 rings (SSSR count). The Labute approximate surface area is 142 Å². The van der Waals surface area contributed by atoms with Gasteiger partial charge in [0.15, 0.2) is 5.82 Å². The fourth-order valence-corrected chi connectivity index (χ4v) is 2.96. The summed E-state index contributed by atoms with van der Waals surface area (Å²) in [6, 6.07) is 22.5. The summed E-state index contributed by atoms with van der Waals surface area (Å²) in [4.78, 5) is 9.26. The molecule has 4 aromatic rings. The zero-order valence-electron chi connectivity index (χ0n) is 12.4. The van der Waals surface area contributed by atoms with E-state index in [4.69, 9.17) is 4.98 Å². The molecule has 2 aromatic carbocycles. The number of aromatic nitrogens is 3. The molecule has 0 radical (unpaired) electrons. The second-order valence-electron chi connectivity index (χ2n) is 5.35. The SMILES string of the molecule is Brc1ccc(Cn2c(-c3ccccn3)nc3ccccc32)cc1. The lowest BCUT2D eigenvalue weighted by atomic mass is 10.2. The van der Waals surface area contributed by atoms with Gasteiger partial charge >= 0.3 is 0 Å². The number of hydrogen-bond donors (Lipinski definition) is 0. The van der Waals surface area contributed by atoms with Crippen LogP contribution in [0.3, 0.4) is 0 Å². The van der Waals surface area contributed by atoms with E-state index in [1.807, 2.05) is 36.4 Å². The van der Waals surface area contributed by atoms with E-state index in [9.17, 15) is 0 Å². The average Bonchev–Trinajstić information content (AvgIpc) is 2.96. The third kappa shape index (κ3) is 2.78. The van der Waals surface area contributed by atoms with E-state index in [1.165, 1.54) is 5.56 Å². The van der Waals surface area contributed by atoms with Gasteiger partial charge in [0.25, 0.3) is 0 Å². The average molecular weight is 364 g/mol. The Morgan fingerprint density at radius 3 is 2.43 bits per heavy atom. The first-order chi connectivity index (χ1) is 11.3. The van der Waals surface area contributed by atoms with Crippen molar-refractivity contribution in [2.45, 2.75) is 6.54 Å². The van der Waals surface area contributed by atoms with Crippen LogP contribution >= 0.6 is 15.9 Å². The smallest absolute Gasteiger partial charge is 0.160 e. The number of benzene rings is 2. The van der Waals surface area contributed by atoms with Gasteiger partial charge in [-0.1, -0.05) is 46.3 Å². The number of rotatable bonds is 3. The first-order valence-corrected chi connectivity index (χ1v) is 8.22. The molecule has 0 aliphatic carbocycles. The van der Waals surface area contributed by atoms with Crippen molar-refractivity contribution in [1.82, 2.24) is 14.5 Å². The molecular weight excluding hydrogens is 350 g/mol. The molecule has 0 aliphatic heterocycles. The Kier molecular flexibility index (Phi) is 3.67. The maximum absolute atomic E-state index is 4.79. The molecule has 3 nitrogen and oxygen atoms in total. The summed E-state index contributed by atoms with van der Waals surface area (Å²) in [5.74, 6) is 0.898. The third-order valence-corrected chi connectivity index (χ3v) is 4.33. The monoisotopic (exact) mass is 363 g/mol. The standard InChI is InChI=1S/C19H14BrN3/c20-15-10-8-14(9-11-15)13-23-18-7-2-1-5-16(18)22-19(23)17-6-3-4-12-21-17/h1-12H,13H2. The molecule has 0 spiro atoms. The highest BCUT2D eigenvalue weighted by Gasteiger charge is 2.13. The molecule has 0 bridgehead atoms. The first kappa shape index (κ1) is 14.2. The molecule has 0 saturated carbocycles. The normalized spacial score (nSPS) is 11.0. The van der Waals surface area contributed by atoms with Crippen molar-refractivity contribution in [3.05, 3.63) is 83.0 Å². The van der Waals surface area contributed by atoms with Gasteiger partial charge in [-0.25, -0.2) is 4.98 Å². The zero-order valence-corrected chi connectivity index (χ0v) is 13.9. The van der Waals surface area contributed by atoms with Gasteiger partial charge in [-0.2, -0.15) is 0 Å². The van der Waals surface area contributed by atoms with Crippen LogP contribution in [0.25, 0.3) is 22.6 Å². The number of halogens is 1. The number of imidazole rings is 1. The molecule has 0 aliphatic rings. The predicted octanol–water partition coefficient (Wildman–Crippen LogP) is 4.91. The van der Waals surface area contributed by atoms with Crippen molar-refractivity contribution in [3.63, 3.8) is 0 Å². The highest BCUT2D eigenvalue weighted by Crippen LogP contribution is 2.24. The minimum absolute atomic E-state index is 0.764. The summed E-state index contributed by atoms with van der Waals surface area (Å²) in [7, 11) is 0. The van der Waals surface area contributed by atoms with Gasteiger partial charge in [-0.05, 0) is 42.0 Å². The van der Waals surface area contributed by atoms with Crippen molar-refractivity contribution < 1.29 is 0 Å². The lowest BCUT2D eigenvalue weighted by Crippen LogP contribution is -2.03. The van der Waals surface area contributed by atoms with Gasteiger partial charge in [0.1, 0.15) is 5.69 Å². The van der Waals surface area contributed by atoms with Crippen LogP contribution in [0.1, 0.15) is 5.56 Å². The summed E-state index contributed by atoms with van der Waals surface area (Å²) in [5.41, 5.74) is 4.23. The zero-order chi connectivity index (χ0) is 15.6. The molecule has 0 atom stereocenters. The Morgan fingerprint density at radius 2 is 1.65 bits per heavy atom. The van der Waals surface area contributed by atoms with E-state index < -0.39 is 0 Å². The van der Waals surface area contributed by atoms with Crippen molar-refractivity contribution in [1.29, 1.82) is 0 Å². The maximum Gasteiger partial charge on any atom is 0.160 e. The molecule has 2 heterocycles. The number of hydrogen-bond acceptors (Lipinski definition) is 2. The second-order valence-corrected chi connectivity index (χ2v) is 6.27. The topological polar surface area (TPSA) is 30.7 Å².